The molecule has 0 radical (unpaired) electrons. The predicted molar refractivity (Wildman–Crippen MR) is 88.4 cm³/mol. The van der Waals surface area contributed by atoms with Crippen LogP contribution in [0.5, 0.6) is 0 Å². The van der Waals surface area contributed by atoms with Gasteiger partial charge in [-0.15, -0.1) is 0 Å². The van der Waals surface area contributed by atoms with Gasteiger partial charge in [-0.3, -0.25) is 9.59 Å². The Hall–Kier alpha value is -1.06. The number of carbonyl (C=O) groups is 2. The molecule has 1 saturated heterocycles. The van der Waals surface area contributed by atoms with Gasteiger partial charge in [-0.05, 0) is 58.3 Å². The molecule has 0 spiro atoms. The fraction of sp³-hybridized carbons (Fsp3) is 0.889. The number of amides is 2. The second-order valence-corrected chi connectivity index (χ2v) is 7.09. The summed E-state index contributed by atoms with van der Waals surface area (Å²) in [6, 6.07) is 0. The zero-order valence-electron chi connectivity index (χ0n) is 14.5. The van der Waals surface area contributed by atoms with Gasteiger partial charge in [-0.1, -0.05) is 6.92 Å². The zero-order chi connectivity index (χ0) is 16.1. The molecule has 4 nitrogen and oxygen atoms in total. The maximum absolute atomic E-state index is 12.7. The minimum absolute atomic E-state index is 0.143. The molecule has 2 fully saturated rings. The van der Waals surface area contributed by atoms with Gasteiger partial charge < -0.3 is 9.80 Å². The highest BCUT2D eigenvalue weighted by Crippen LogP contribution is 2.32. The van der Waals surface area contributed by atoms with Crippen molar-refractivity contribution in [3.63, 3.8) is 0 Å². The molecule has 1 heterocycles. The molecule has 2 rings (SSSR count). The van der Waals surface area contributed by atoms with Crippen LogP contribution in [-0.4, -0.2) is 47.8 Å². The molecule has 1 aliphatic carbocycles. The fourth-order valence-corrected chi connectivity index (χ4v) is 4.03. The van der Waals surface area contributed by atoms with Gasteiger partial charge in [0.25, 0.3) is 0 Å². The normalized spacial score (nSPS) is 29.2. The van der Waals surface area contributed by atoms with Crippen LogP contribution in [0.3, 0.4) is 0 Å². The Balaban J connectivity index is 1.83. The lowest BCUT2D eigenvalue weighted by molar-refractivity contribution is -0.142. The van der Waals surface area contributed by atoms with Gasteiger partial charge in [0.05, 0.1) is 0 Å². The average Bonchev–Trinajstić information content (AvgIpc) is 2.55. The van der Waals surface area contributed by atoms with Crippen LogP contribution in [0.2, 0.25) is 0 Å². The summed E-state index contributed by atoms with van der Waals surface area (Å²) in [4.78, 5) is 29.1. The second-order valence-electron chi connectivity index (χ2n) is 7.09. The first-order valence-corrected chi connectivity index (χ1v) is 9.14. The van der Waals surface area contributed by atoms with E-state index in [0.29, 0.717) is 17.7 Å². The van der Waals surface area contributed by atoms with Crippen molar-refractivity contribution >= 4 is 11.8 Å². The molecule has 0 aromatic heterocycles. The topological polar surface area (TPSA) is 40.6 Å². The third-order valence-corrected chi connectivity index (χ3v) is 5.47. The van der Waals surface area contributed by atoms with E-state index in [9.17, 15) is 9.59 Å². The van der Waals surface area contributed by atoms with E-state index in [4.69, 9.17) is 0 Å². The lowest BCUT2D eigenvalue weighted by Gasteiger charge is -2.36. The van der Waals surface area contributed by atoms with E-state index in [0.717, 1.165) is 58.3 Å². The summed E-state index contributed by atoms with van der Waals surface area (Å²) in [5.74, 6) is 1.58. The molecule has 1 atom stereocenters. The fourth-order valence-electron chi connectivity index (χ4n) is 4.03. The summed E-state index contributed by atoms with van der Waals surface area (Å²) in [5, 5.41) is 0. The molecule has 2 aliphatic rings. The van der Waals surface area contributed by atoms with Crippen molar-refractivity contribution in [2.75, 3.05) is 26.2 Å². The summed E-state index contributed by atoms with van der Waals surface area (Å²) >= 11 is 0. The molecule has 1 unspecified atom stereocenters. The van der Waals surface area contributed by atoms with Crippen LogP contribution in [0.4, 0.5) is 0 Å². The number of hydrogen-bond acceptors (Lipinski definition) is 2. The average molecular weight is 308 g/mol. The SMILES string of the molecule is CCN(CC)C(=O)C1CCC(C(=O)N2CCCC(C)C2)CC1. The molecular weight excluding hydrogens is 276 g/mol. The van der Waals surface area contributed by atoms with Gasteiger partial charge >= 0.3 is 0 Å². The van der Waals surface area contributed by atoms with Gasteiger partial charge in [0.1, 0.15) is 0 Å². The molecule has 1 saturated carbocycles. The van der Waals surface area contributed by atoms with Crippen LogP contribution in [0, 0.1) is 17.8 Å². The molecule has 126 valence electrons. The number of piperidine rings is 1. The molecule has 2 amide bonds. The van der Waals surface area contributed by atoms with Gasteiger partial charge in [0.15, 0.2) is 0 Å². The Morgan fingerprint density at radius 2 is 1.59 bits per heavy atom. The van der Waals surface area contributed by atoms with Crippen LogP contribution in [0.1, 0.15) is 59.3 Å². The maximum atomic E-state index is 12.7. The zero-order valence-corrected chi connectivity index (χ0v) is 14.5. The third kappa shape index (κ3) is 4.02. The van der Waals surface area contributed by atoms with Gasteiger partial charge in [0.2, 0.25) is 11.8 Å². The van der Waals surface area contributed by atoms with Crippen molar-refractivity contribution in [2.45, 2.75) is 59.3 Å². The molecular formula is C18H32N2O2. The first-order valence-electron chi connectivity index (χ1n) is 9.14. The number of rotatable bonds is 4. The van der Waals surface area contributed by atoms with E-state index in [2.05, 4.69) is 11.8 Å². The van der Waals surface area contributed by atoms with E-state index < -0.39 is 0 Å². The highest BCUT2D eigenvalue weighted by molar-refractivity contribution is 5.81. The van der Waals surface area contributed by atoms with Crippen LogP contribution in [0.25, 0.3) is 0 Å². The van der Waals surface area contributed by atoms with E-state index in [1.807, 2.05) is 18.7 Å². The summed E-state index contributed by atoms with van der Waals surface area (Å²) in [6.07, 6.45) is 5.94. The van der Waals surface area contributed by atoms with Crippen molar-refractivity contribution in [2.24, 2.45) is 17.8 Å². The maximum Gasteiger partial charge on any atom is 0.225 e. The summed E-state index contributed by atoms with van der Waals surface area (Å²) < 4.78 is 0. The van der Waals surface area contributed by atoms with Crippen LogP contribution < -0.4 is 0 Å². The quantitative estimate of drug-likeness (QED) is 0.801. The smallest absolute Gasteiger partial charge is 0.225 e. The molecule has 0 N–H and O–H groups in total. The molecule has 4 heteroatoms. The molecule has 0 aromatic rings. The van der Waals surface area contributed by atoms with Crippen molar-refractivity contribution < 1.29 is 9.59 Å². The lowest BCUT2D eigenvalue weighted by atomic mass is 9.80. The van der Waals surface area contributed by atoms with E-state index in [-0.39, 0.29) is 11.8 Å². The minimum atomic E-state index is 0.143. The number of likely N-dealkylation sites (tertiary alicyclic amines) is 1. The summed E-state index contributed by atoms with van der Waals surface area (Å²) in [7, 11) is 0. The molecule has 1 aliphatic heterocycles. The van der Waals surface area contributed by atoms with Crippen molar-refractivity contribution in [3.8, 4) is 0 Å². The van der Waals surface area contributed by atoms with Crippen molar-refractivity contribution in [3.05, 3.63) is 0 Å². The first-order chi connectivity index (χ1) is 10.6. The Morgan fingerprint density at radius 1 is 1.00 bits per heavy atom. The lowest BCUT2D eigenvalue weighted by Crippen LogP contribution is -2.44. The monoisotopic (exact) mass is 308 g/mol. The predicted octanol–water partition coefficient (Wildman–Crippen LogP) is 2.92. The van der Waals surface area contributed by atoms with Gasteiger partial charge in [0, 0.05) is 38.0 Å². The van der Waals surface area contributed by atoms with Crippen LogP contribution >= 0.6 is 0 Å². The van der Waals surface area contributed by atoms with Crippen molar-refractivity contribution in [1.29, 1.82) is 0 Å². The number of carbonyl (C=O) groups excluding carboxylic acids is 2. The van der Waals surface area contributed by atoms with Crippen LogP contribution in [0.15, 0.2) is 0 Å². The second kappa shape index (κ2) is 7.98. The third-order valence-electron chi connectivity index (χ3n) is 5.47. The van der Waals surface area contributed by atoms with E-state index in [1.165, 1.54) is 6.42 Å². The van der Waals surface area contributed by atoms with Crippen LogP contribution in [-0.2, 0) is 9.59 Å². The van der Waals surface area contributed by atoms with Gasteiger partial charge in [-0.2, -0.15) is 0 Å². The Kier molecular flexibility index (Phi) is 6.27. The Morgan fingerprint density at radius 3 is 2.14 bits per heavy atom. The minimum Gasteiger partial charge on any atom is -0.343 e. The molecule has 22 heavy (non-hydrogen) atoms. The molecule has 0 bridgehead atoms. The van der Waals surface area contributed by atoms with E-state index in [1.54, 1.807) is 0 Å². The highest BCUT2D eigenvalue weighted by Gasteiger charge is 2.34. The van der Waals surface area contributed by atoms with E-state index >= 15 is 0 Å². The largest absolute Gasteiger partial charge is 0.343 e. The Labute approximate surface area is 135 Å². The first kappa shape index (κ1) is 17.3. The highest BCUT2D eigenvalue weighted by atomic mass is 16.2. The number of hydrogen-bond donors (Lipinski definition) is 0. The van der Waals surface area contributed by atoms with Gasteiger partial charge in [-0.25, -0.2) is 0 Å². The standard InChI is InChI=1S/C18H32N2O2/c1-4-19(5-2)17(21)15-8-10-16(11-9-15)18(22)20-12-6-7-14(3)13-20/h14-16H,4-13H2,1-3H3. The molecule has 0 aromatic carbocycles. The number of nitrogens with zero attached hydrogens (tertiary/aromatic N) is 2. The van der Waals surface area contributed by atoms with Crippen molar-refractivity contribution in [1.82, 2.24) is 9.80 Å². The summed E-state index contributed by atoms with van der Waals surface area (Å²) in [5.41, 5.74) is 0. The Bertz CT molecular complexity index is 385. The summed E-state index contributed by atoms with van der Waals surface area (Å²) in [6.45, 7) is 9.75.